The SMILES string of the molecule is COC(=O)c1c(NS(=O)(=O)c2ccc(F)cc2C[C@@H]2CCN(CCO[Si](C)(C)C(C)(C)C)C2)ccc2c1OC[C@@H]1C[C@H]21. The van der Waals surface area contributed by atoms with Gasteiger partial charge in [0.05, 0.1) is 24.3 Å². The van der Waals surface area contributed by atoms with E-state index in [1.807, 2.05) is 6.07 Å². The highest BCUT2D eigenvalue weighted by Crippen LogP contribution is 2.55. The van der Waals surface area contributed by atoms with Gasteiger partial charge in [-0.3, -0.25) is 4.72 Å². The van der Waals surface area contributed by atoms with Crippen molar-refractivity contribution in [1.82, 2.24) is 4.90 Å². The predicted octanol–water partition coefficient (Wildman–Crippen LogP) is 5.80. The minimum absolute atomic E-state index is 0.000298. The zero-order chi connectivity index (χ0) is 30.4. The third-order valence-corrected chi connectivity index (χ3v) is 15.5. The fourth-order valence-electron chi connectivity index (χ4n) is 5.85. The molecule has 1 saturated heterocycles. The Morgan fingerprint density at radius 3 is 2.69 bits per heavy atom. The van der Waals surface area contributed by atoms with Gasteiger partial charge in [0.15, 0.2) is 8.32 Å². The van der Waals surface area contributed by atoms with Crippen LogP contribution in [0, 0.1) is 17.7 Å². The lowest BCUT2D eigenvalue weighted by atomic mass is 9.98. The Hall–Kier alpha value is -2.47. The van der Waals surface area contributed by atoms with Gasteiger partial charge in [0, 0.05) is 25.6 Å². The van der Waals surface area contributed by atoms with Crippen LogP contribution in [0.15, 0.2) is 35.2 Å². The van der Waals surface area contributed by atoms with E-state index in [4.69, 9.17) is 13.9 Å². The maximum absolute atomic E-state index is 14.4. The molecular formula is C31H43FN2O6SSi. The Bertz CT molecular complexity index is 1460. The molecule has 5 rings (SSSR count). The smallest absolute Gasteiger partial charge is 0.343 e. The number of rotatable bonds is 10. The van der Waals surface area contributed by atoms with Gasteiger partial charge in [0.25, 0.3) is 10.0 Å². The van der Waals surface area contributed by atoms with Gasteiger partial charge in [0.1, 0.15) is 17.1 Å². The molecule has 1 saturated carbocycles. The Morgan fingerprint density at radius 2 is 1.98 bits per heavy atom. The van der Waals surface area contributed by atoms with Gasteiger partial charge >= 0.3 is 5.97 Å². The summed E-state index contributed by atoms with van der Waals surface area (Å²) in [6.07, 6.45) is 2.30. The molecule has 2 fully saturated rings. The summed E-state index contributed by atoms with van der Waals surface area (Å²) in [6, 6.07) is 7.17. The lowest BCUT2D eigenvalue weighted by Gasteiger charge is -2.36. The monoisotopic (exact) mass is 618 g/mol. The molecule has 3 atom stereocenters. The molecule has 2 aliphatic heterocycles. The number of methoxy groups -OCH3 is 1. The first-order valence-electron chi connectivity index (χ1n) is 14.8. The normalized spacial score (nSPS) is 22.2. The molecule has 42 heavy (non-hydrogen) atoms. The van der Waals surface area contributed by atoms with Gasteiger partial charge in [-0.2, -0.15) is 0 Å². The molecule has 0 spiro atoms. The number of esters is 1. The highest BCUT2D eigenvalue weighted by molar-refractivity contribution is 7.92. The average molecular weight is 619 g/mol. The van der Waals surface area contributed by atoms with Crippen molar-refractivity contribution in [2.24, 2.45) is 11.8 Å². The topological polar surface area (TPSA) is 94.2 Å². The van der Waals surface area contributed by atoms with Crippen molar-refractivity contribution in [1.29, 1.82) is 0 Å². The number of hydrogen-bond acceptors (Lipinski definition) is 7. The summed E-state index contributed by atoms with van der Waals surface area (Å²) in [6.45, 7) is 14.8. The Balaban J connectivity index is 1.31. The van der Waals surface area contributed by atoms with E-state index in [0.717, 1.165) is 44.1 Å². The number of anilines is 1. The second-order valence-electron chi connectivity index (χ2n) is 13.4. The summed E-state index contributed by atoms with van der Waals surface area (Å²) in [5.74, 6) is 0.149. The van der Waals surface area contributed by atoms with Crippen LogP contribution >= 0.6 is 0 Å². The molecule has 3 aliphatic rings. The average Bonchev–Trinajstić information content (AvgIpc) is 3.58. The molecule has 0 bridgehead atoms. The standard InChI is InChI=1S/C31H43FN2O6SSi/c1-31(2,3)42(5,6)40-14-13-34-12-11-20(18-34)15-21-16-23(32)7-10-27(21)41(36,37)33-26-9-8-24-25-17-22(25)19-39-29(24)28(26)30(35)38-4/h7-10,16,20,22,25,33H,11-15,17-19H2,1-6H3/t20-,22-,25-/m0/s1. The molecule has 0 aromatic heterocycles. The zero-order valence-corrected chi connectivity index (χ0v) is 27.3. The number of carbonyl (C=O) groups excluding carboxylic acids is 1. The lowest BCUT2D eigenvalue weighted by Crippen LogP contribution is -2.42. The third-order valence-electron chi connectivity index (χ3n) is 9.45. The van der Waals surface area contributed by atoms with Crippen LogP contribution in [0.4, 0.5) is 10.1 Å². The van der Waals surface area contributed by atoms with Crippen molar-refractivity contribution in [3.05, 3.63) is 52.8 Å². The molecule has 2 heterocycles. The summed E-state index contributed by atoms with van der Waals surface area (Å²) in [4.78, 5) is 15.1. The Kier molecular flexibility index (Phi) is 8.52. The van der Waals surface area contributed by atoms with E-state index in [9.17, 15) is 17.6 Å². The molecular weight excluding hydrogens is 576 g/mol. The number of hydrogen-bond donors (Lipinski definition) is 1. The van der Waals surface area contributed by atoms with Crippen LogP contribution in [0.25, 0.3) is 0 Å². The molecule has 1 aliphatic carbocycles. The van der Waals surface area contributed by atoms with Crippen molar-refractivity contribution in [3.8, 4) is 5.75 Å². The van der Waals surface area contributed by atoms with Crippen LogP contribution in [0.5, 0.6) is 5.75 Å². The predicted molar refractivity (Wildman–Crippen MR) is 163 cm³/mol. The lowest BCUT2D eigenvalue weighted by molar-refractivity contribution is 0.0596. The second-order valence-corrected chi connectivity index (χ2v) is 19.9. The maximum atomic E-state index is 14.4. The summed E-state index contributed by atoms with van der Waals surface area (Å²) in [7, 11) is -4.73. The van der Waals surface area contributed by atoms with Crippen molar-refractivity contribution < 1.29 is 31.5 Å². The summed E-state index contributed by atoms with van der Waals surface area (Å²) in [5.41, 5.74) is 1.47. The van der Waals surface area contributed by atoms with Gasteiger partial charge in [-0.25, -0.2) is 17.6 Å². The van der Waals surface area contributed by atoms with Gasteiger partial charge in [-0.15, -0.1) is 0 Å². The Morgan fingerprint density at radius 1 is 1.21 bits per heavy atom. The number of carbonyl (C=O) groups is 1. The van der Waals surface area contributed by atoms with E-state index in [2.05, 4.69) is 43.5 Å². The quantitative estimate of drug-likeness (QED) is 0.266. The maximum Gasteiger partial charge on any atom is 0.343 e. The molecule has 2 aromatic rings. The number of fused-ring (bicyclic) bond motifs is 3. The van der Waals surface area contributed by atoms with E-state index in [-0.39, 0.29) is 27.1 Å². The number of ether oxygens (including phenoxy) is 2. The molecule has 230 valence electrons. The summed E-state index contributed by atoms with van der Waals surface area (Å²) < 4.78 is 61.7. The molecule has 1 N–H and O–H groups in total. The number of nitrogens with one attached hydrogen (secondary N) is 1. The molecule has 0 amide bonds. The van der Waals surface area contributed by atoms with Crippen molar-refractivity contribution in [2.75, 3.05) is 44.7 Å². The fourth-order valence-corrected chi connectivity index (χ4v) is 8.19. The Labute approximate surface area is 250 Å². The van der Waals surface area contributed by atoms with Crippen molar-refractivity contribution in [2.45, 2.75) is 69.0 Å². The fraction of sp³-hybridized carbons (Fsp3) is 0.581. The van der Waals surface area contributed by atoms with Crippen LogP contribution in [-0.4, -0.2) is 67.6 Å². The van der Waals surface area contributed by atoms with Crippen LogP contribution < -0.4 is 9.46 Å². The van der Waals surface area contributed by atoms with E-state index in [0.29, 0.717) is 42.8 Å². The summed E-state index contributed by atoms with van der Waals surface area (Å²) in [5, 5.41) is 0.151. The first kappa shape index (κ1) is 31.0. The second kappa shape index (κ2) is 11.6. The summed E-state index contributed by atoms with van der Waals surface area (Å²) >= 11 is 0. The number of likely N-dealkylation sites (tertiary alicyclic amines) is 1. The van der Waals surface area contributed by atoms with Crippen molar-refractivity contribution in [3.63, 3.8) is 0 Å². The van der Waals surface area contributed by atoms with Crippen LogP contribution in [0.1, 0.15) is 61.0 Å². The number of halogens is 1. The highest BCUT2D eigenvalue weighted by atomic mass is 32.2. The highest BCUT2D eigenvalue weighted by Gasteiger charge is 2.45. The first-order chi connectivity index (χ1) is 19.7. The molecule has 0 unspecified atom stereocenters. The molecule has 2 aromatic carbocycles. The van der Waals surface area contributed by atoms with Crippen LogP contribution in [0.3, 0.4) is 0 Å². The van der Waals surface area contributed by atoms with Gasteiger partial charge in [0.2, 0.25) is 0 Å². The van der Waals surface area contributed by atoms with Crippen molar-refractivity contribution >= 4 is 30.0 Å². The van der Waals surface area contributed by atoms with E-state index in [1.54, 1.807) is 6.07 Å². The minimum Gasteiger partial charge on any atom is -0.492 e. The number of benzene rings is 2. The zero-order valence-electron chi connectivity index (χ0n) is 25.5. The molecule has 11 heteroatoms. The number of nitrogens with zero attached hydrogens (tertiary/aromatic N) is 1. The van der Waals surface area contributed by atoms with Gasteiger partial charge in [-0.05, 0) is 91.2 Å². The van der Waals surface area contributed by atoms with E-state index < -0.39 is 30.1 Å². The molecule has 0 radical (unpaired) electrons. The van der Waals surface area contributed by atoms with Gasteiger partial charge < -0.3 is 18.8 Å². The first-order valence-corrected chi connectivity index (χ1v) is 19.1. The van der Waals surface area contributed by atoms with E-state index in [1.165, 1.54) is 19.2 Å². The van der Waals surface area contributed by atoms with E-state index >= 15 is 0 Å². The van der Waals surface area contributed by atoms with Crippen LogP contribution in [-0.2, 0) is 25.6 Å². The largest absolute Gasteiger partial charge is 0.492 e. The minimum atomic E-state index is -4.16. The van der Waals surface area contributed by atoms with Gasteiger partial charge in [-0.1, -0.05) is 26.8 Å². The number of sulfonamides is 1. The van der Waals surface area contributed by atoms with Crippen LogP contribution in [0.2, 0.25) is 18.1 Å². The third kappa shape index (κ3) is 6.39. The molecule has 8 nitrogen and oxygen atoms in total.